The molecule has 0 fully saturated rings. The molecule has 0 aliphatic heterocycles. The molecule has 0 N–H and O–H groups in total. The molecule has 0 atom stereocenters. The van der Waals surface area contributed by atoms with Gasteiger partial charge < -0.3 is 0 Å². The zero-order valence-corrected chi connectivity index (χ0v) is 26.1. The highest BCUT2D eigenvalue weighted by atomic mass is 32.1. The van der Waals surface area contributed by atoms with E-state index in [2.05, 4.69) is 161 Å². The molecule has 0 unspecified atom stereocenters. The van der Waals surface area contributed by atoms with E-state index in [1.807, 2.05) is 0 Å². The predicted molar refractivity (Wildman–Crippen MR) is 186 cm³/mol. The Morgan fingerprint density at radius 1 is 0.316 bits per heavy atom. The molecule has 0 aromatic rings. The van der Waals surface area contributed by atoms with Gasteiger partial charge in [0, 0.05) is 5.75 Å². The van der Waals surface area contributed by atoms with Crippen LogP contribution in [0.5, 0.6) is 0 Å². The zero-order valence-electron chi connectivity index (χ0n) is 24.3. The van der Waals surface area contributed by atoms with Crippen molar-refractivity contribution in [2.75, 3.05) is 11.5 Å². The number of hydrogen-bond acceptors (Lipinski definition) is 2. The Labute approximate surface area is 248 Å². The maximum absolute atomic E-state index is 4.16. The summed E-state index contributed by atoms with van der Waals surface area (Å²) in [6, 6.07) is 0. The van der Waals surface area contributed by atoms with Crippen LogP contribution in [0.1, 0.15) is 90.9 Å². The molecule has 0 nitrogen and oxygen atoms in total. The molecule has 212 valence electrons. The van der Waals surface area contributed by atoms with Gasteiger partial charge >= 0.3 is 0 Å². The summed E-state index contributed by atoms with van der Waals surface area (Å²) >= 11 is 8.28. The van der Waals surface area contributed by atoms with E-state index in [1.165, 1.54) is 0 Å². The molecule has 0 heterocycles. The van der Waals surface area contributed by atoms with Crippen LogP contribution in [-0.4, -0.2) is 11.5 Å². The second-order valence-electron chi connectivity index (χ2n) is 8.45. The quantitative estimate of drug-likeness (QED) is 0.0744. The highest BCUT2D eigenvalue weighted by Crippen LogP contribution is 1.98. The Balaban J connectivity index is 0. The van der Waals surface area contributed by atoms with Crippen LogP contribution in [0.15, 0.2) is 122 Å². The van der Waals surface area contributed by atoms with E-state index in [-0.39, 0.29) is 0 Å². The van der Waals surface area contributed by atoms with Gasteiger partial charge in [0.1, 0.15) is 0 Å². The Morgan fingerprint density at radius 2 is 0.579 bits per heavy atom. The molecule has 2 heteroatoms. The second kappa shape index (κ2) is 39.6. The molecule has 0 radical (unpaired) electrons. The molecule has 0 aliphatic rings. The Hall–Kier alpha value is -1.90. The van der Waals surface area contributed by atoms with Gasteiger partial charge in [-0.3, -0.25) is 0 Å². The molecule has 0 amide bonds. The second-order valence-corrected chi connectivity index (χ2v) is 9.27. The SMILES string of the molecule is CC/C=C\C/C=C\C/C=C\C/C=C\C/C=C\CCS.CC/C=C\C/C=C\C/C=C\C/C=C\CC/C=C/CS. The maximum Gasteiger partial charge on any atom is 0.00825 e. The third kappa shape index (κ3) is 41.2. The fourth-order valence-electron chi connectivity index (χ4n) is 2.93. The highest BCUT2D eigenvalue weighted by Gasteiger charge is 1.78. The number of hydrogen-bond donors (Lipinski definition) is 2. The van der Waals surface area contributed by atoms with Crippen molar-refractivity contribution in [3.8, 4) is 0 Å². The average molecular weight is 553 g/mol. The third-order valence-electron chi connectivity index (χ3n) is 4.94. The van der Waals surface area contributed by atoms with E-state index in [0.717, 1.165) is 88.6 Å². The average Bonchev–Trinajstić information content (AvgIpc) is 2.93. The van der Waals surface area contributed by atoms with Crippen LogP contribution in [0.4, 0.5) is 0 Å². The lowest BCUT2D eigenvalue weighted by molar-refractivity contribution is 1.04. The monoisotopic (exact) mass is 552 g/mol. The molecule has 0 rings (SSSR count). The van der Waals surface area contributed by atoms with Gasteiger partial charge in [0.05, 0.1) is 0 Å². The summed E-state index contributed by atoms with van der Waals surface area (Å²) in [5.74, 6) is 1.78. The normalized spacial score (nSPS) is 13.2. The molecule has 0 saturated carbocycles. The van der Waals surface area contributed by atoms with Gasteiger partial charge in [0.25, 0.3) is 0 Å². The fraction of sp³-hybridized carbons (Fsp3) is 0.444. The first-order valence-corrected chi connectivity index (χ1v) is 15.8. The van der Waals surface area contributed by atoms with Crippen molar-refractivity contribution in [3.05, 3.63) is 122 Å². The highest BCUT2D eigenvalue weighted by molar-refractivity contribution is 7.80. The lowest BCUT2D eigenvalue weighted by Gasteiger charge is -1.87. The summed E-state index contributed by atoms with van der Waals surface area (Å²) in [6.45, 7) is 4.32. The molecule has 0 aliphatic carbocycles. The van der Waals surface area contributed by atoms with Crippen LogP contribution in [0.25, 0.3) is 0 Å². The molecule has 0 spiro atoms. The number of allylic oxidation sites excluding steroid dienone is 19. The summed E-state index contributed by atoms with van der Waals surface area (Å²) in [4.78, 5) is 0. The molecule has 38 heavy (non-hydrogen) atoms. The lowest BCUT2D eigenvalue weighted by Crippen LogP contribution is -1.67. The Kier molecular flexibility index (Phi) is 39.9. The van der Waals surface area contributed by atoms with E-state index in [1.54, 1.807) is 0 Å². The molecular weight excluding hydrogens is 497 g/mol. The minimum atomic E-state index is 0.841. The molecule has 0 aromatic carbocycles. The molecule has 0 bridgehead atoms. The van der Waals surface area contributed by atoms with Crippen molar-refractivity contribution >= 4 is 25.3 Å². The maximum atomic E-state index is 4.16. The van der Waals surface area contributed by atoms with E-state index < -0.39 is 0 Å². The summed E-state index contributed by atoms with van der Waals surface area (Å²) in [5.41, 5.74) is 0. The standard InChI is InChI=1S/2C18H28S/c2*1-2-3-4-5-6-7-8-9-10-11-12-13-14-15-16-17-18-19/h3-4,6-7,9-10,12-13,16-17,19H,2,5,8,11,14-15,18H2,1H3;3-4,6-7,9-10,12-13,15-16,19H,2,5,8,11,14,17-18H2,1H3/b4-3-,7-6-,10-9-,13-12-,17-16+;4-3-,7-6-,10-9-,13-12-,16-15-. The fourth-order valence-corrected chi connectivity index (χ4v) is 3.22. The first-order valence-electron chi connectivity index (χ1n) is 14.5. The minimum absolute atomic E-state index is 0.841. The van der Waals surface area contributed by atoms with Crippen LogP contribution in [0.3, 0.4) is 0 Å². The van der Waals surface area contributed by atoms with Gasteiger partial charge in [-0.2, -0.15) is 25.3 Å². The van der Waals surface area contributed by atoms with Crippen molar-refractivity contribution < 1.29 is 0 Å². The van der Waals surface area contributed by atoms with Gasteiger partial charge in [-0.25, -0.2) is 0 Å². The summed E-state index contributed by atoms with van der Waals surface area (Å²) in [6.07, 6.45) is 57.1. The van der Waals surface area contributed by atoms with E-state index in [9.17, 15) is 0 Å². The van der Waals surface area contributed by atoms with Crippen LogP contribution >= 0.6 is 25.3 Å². The molecule has 0 aromatic heterocycles. The van der Waals surface area contributed by atoms with Gasteiger partial charge in [0.15, 0.2) is 0 Å². The van der Waals surface area contributed by atoms with Crippen molar-refractivity contribution in [3.63, 3.8) is 0 Å². The van der Waals surface area contributed by atoms with Gasteiger partial charge in [-0.1, -0.05) is 135 Å². The largest absolute Gasteiger partial charge is 0.179 e. The van der Waals surface area contributed by atoms with E-state index in [4.69, 9.17) is 0 Å². The van der Waals surface area contributed by atoms with Crippen molar-refractivity contribution in [1.29, 1.82) is 0 Å². The first kappa shape index (κ1) is 38.2. The first-order chi connectivity index (χ1) is 18.8. The Bertz CT molecular complexity index is 739. The van der Waals surface area contributed by atoms with Crippen LogP contribution in [0, 0.1) is 0 Å². The molecular formula is C36H56S2. The number of rotatable bonds is 22. The van der Waals surface area contributed by atoms with E-state index in [0.29, 0.717) is 0 Å². The zero-order chi connectivity index (χ0) is 28.0. The third-order valence-corrected chi connectivity index (χ3v) is 5.41. The summed E-state index contributed by atoms with van der Waals surface area (Å²) in [7, 11) is 0. The smallest absolute Gasteiger partial charge is 0.00825 e. The topological polar surface area (TPSA) is 0 Å². The molecule has 0 saturated heterocycles. The summed E-state index contributed by atoms with van der Waals surface area (Å²) in [5, 5.41) is 0. The number of thiol groups is 2. The lowest BCUT2D eigenvalue weighted by atomic mass is 10.2. The van der Waals surface area contributed by atoms with Gasteiger partial charge in [0.2, 0.25) is 0 Å². The minimum Gasteiger partial charge on any atom is -0.179 e. The number of unbranched alkanes of at least 4 members (excludes halogenated alkanes) is 1. The Morgan fingerprint density at radius 3 is 0.868 bits per heavy atom. The van der Waals surface area contributed by atoms with E-state index >= 15 is 0 Å². The van der Waals surface area contributed by atoms with Crippen LogP contribution in [-0.2, 0) is 0 Å². The van der Waals surface area contributed by atoms with Gasteiger partial charge in [-0.05, 0) is 82.8 Å². The summed E-state index contributed by atoms with van der Waals surface area (Å²) < 4.78 is 0. The van der Waals surface area contributed by atoms with Gasteiger partial charge in [-0.15, -0.1) is 0 Å². The predicted octanol–water partition coefficient (Wildman–Crippen LogP) is 12.1. The van der Waals surface area contributed by atoms with Crippen molar-refractivity contribution in [2.45, 2.75) is 90.9 Å². The van der Waals surface area contributed by atoms with Crippen LogP contribution < -0.4 is 0 Å². The van der Waals surface area contributed by atoms with Crippen molar-refractivity contribution in [1.82, 2.24) is 0 Å². The van der Waals surface area contributed by atoms with Crippen molar-refractivity contribution in [2.24, 2.45) is 0 Å². The van der Waals surface area contributed by atoms with Crippen LogP contribution in [0.2, 0.25) is 0 Å².